The Bertz CT molecular complexity index is 491. The first-order chi connectivity index (χ1) is 7.35. The summed E-state index contributed by atoms with van der Waals surface area (Å²) >= 11 is 5.77. The molecule has 76 valence electrons. The van der Waals surface area contributed by atoms with Crippen molar-refractivity contribution >= 4 is 28.6 Å². The normalized spacial score (nSPS) is 10.5. The zero-order valence-electron chi connectivity index (χ0n) is 8.41. The highest BCUT2D eigenvalue weighted by atomic mass is 35.5. The fourth-order valence-electron chi connectivity index (χ4n) is 1.66. The summed E-state index contributed by atoms with van der Waals surface area (Å²) in [7, 11) is 0. The molecule has 0 bridgehead atoms. The van der Waals surface area contributed by atoms with Crippen LogP contribution in [0.4, 0.5) is 0 Å². The Balaban J connectivity index is 2.64. The average molecular weight is 218 g/mol. The number of pyridine rings is 1. The zero-order valence-corrected chi connectivity index (χ0v) is 9.17. The maximum absolute atomic E-state index is 5.77. The van der Waals surface area contributed by atoms with E-state index < -0.39 is 0 Å². The minimum Gasteiger partial charge on any atom is -0.256 e. The third-order valence-corrected chi connectivity index (χ3v) is 2.63. The fourth-order valence-corrected chi connectivity index (χ4v) is 1.86. The minimum atomic E-state index is 0.636. The van der Waals surface area contributed by atoms with Crippen molar-refractivity contribution in [2.24, 2.45) is 0 Å². The first-order valence-electron chi connectivity index (χ1n) is 4.91. The first-order valence-corrected chi connectivity index (χ1v) is 5.44. The maximum Gasteiger partial charge on any atom is 0.0705 e. The highest BCUT2D eigenvalue weighted by Gasteiger charge is 2.01. The number of aromatic nitrogens is 1. The molecule has 1 nitrogen and oxygen atoms in total. The summed E-state index contributed by atoms with van der Waals surface area (Å²) < 4.78 is 0. The number of aryl methyl sites for hydroxylation is 1. The van der Waals surface area contributed by atoms with Gasteiger partial charge in [-0.15, -0.1) is 11.6 Å². The van der Waals surface area contributed by atoms with E-state index in [2.05, 4.69) is 23.7 Å². The Hall–Kier alpha value is -1.34. The van der Waals surface area contributed by atoms with Crippen molar-refractivity contribution < 1.29 is 0 Å². The lowest BCUT2D eigenvalue weighted by molar-refractivity contribution is 1.17. The summed E-state index contributed by atoms with van der Waals surface area (Å²) in [5, 5.41) is 1.18. The molecule has 0 fully saturated rings. The zero-order chi connectivity index (χ0) is 10.7. The van der Waals surface area contributed by atoms with Gasteiger partial charge in [-0.2, -0.15) is 0 Å². The minimum absolute atomic E-state index is 0.636. The summed E-state index contributed by atoms with van der Waals surface area (Å²) in [6, 6.07) is 8.24. The van der Waals surface area contributed by atoms with Crippen LogP contribution < -0.4 is 0 Å². The third-order valence-electron chi connectivity index (χ3n) is 2.44. The summed E-state index contributed by atoms with van der Waals surface area (Å²) in [6.07, 6.45) is 4.52. The van der Waals surface area contributed by atoms with Crippen molar-refractivity contribution in [3.8, 4) is 0 Å². The quantitative estimate of drug-likeness (QED) is 0.715. The van der Waals surface area contributed by atoms with E-state index in [1.807, 2.05) is 24.4 Å². The number of hydrogen-bond acceptors (Lipinski definition) is 1. The van der Waals surface area contributed by atoms with Gasteiger partial charge in [-0.1, -0.05) is 24.8 Å². The summed E-state index contributed by atoms with van der Waals surface area (Å²) in [4.78, 5) is 4.38. The molecular weight excluding hydrogens is 206 g/mol. The standard InChI is InChI=1S/C13H12ClN/c1-2-10-8-12-11(6-7-14)4-3-5-13(12)15-9-10/h2-5,8-9H,1,6-7H2. The van der Waals surface area contributed by atoms with Gasteiger partial charge in [-0.05, 0) is 29.7 Å². The second-order valence-corrected chi connectivity index (χ2v) is 3.77. The van der Waals surface area contributed by atoms with Gasteiger partial charge < -0.3 is 0 Å². The highest BCUT2D eigenvalue weighted by molar-refractivity contribution is 6.18. The molecule has 0 saturated carbocycles. The lowest BCUT2D eigenvalue weighted by Crippen LogP contribution is -1.90. The number of benzene rings is 1. The van der Waals surface area contributed by atoms with Crippen molar-refractivity contribution in [2.45, 2.75) is 6.42 Å². The Morgan fingerprint density at radius 1 is 1.40 bits per heavy atom. The molecular formula is C13H12ClN. The second-order valence-electron chi connectivity index (χ2n) is 3.40. The van der Waals surface area contributed by atoms with Gasteiger partial charge in [-0.3, -0.25) is 4.98 Å². The second kappa shape index (κ2) is 4.45. The molecule has 1 aromatic carbocycles. The van der Waals surface area contributed by atoms with E-state index in [-0.39, 0.29) is 0 Å². The van der Waals surface area contributed by atoms with Crippen LogP contribution in [0.1, 0.15) is 11.1 Å². The monoisotopic (exact) mass is 217 g/mol. The predicted molar refractivity (Wildman–Crippen MR) is 66.3 cm³/mol. The summed E-state index contributed by atoms with van der Waals surface area (Å²) in [5.74, 6) is 0.636. The van der Waals surface area contributed by atoms with Gasteiger partial charge in [-0.25, -0.2) is 0 Å². The number of halogens is 1. The summed E-state index contributed by atoms with van der Waals surface area (Å²) in [6.45, 7) is 3.75. The largest absolute Gasteiger partial charge is 0.256 e. The van der Waals surface area contributed by atoms with Crippen molar-refractivity contribution in [1.29, 1.82) is 0 Å². The topological polar surface area (TPSA) is 12.9 Å². The lowest BCUT2D eigenvalue weighted by atomic mass is 10.0. The predicted octanol–water partition coefficient (Wildman–Crippen LogP) is 3.66. The number of fused-ring (bicyclic) bond motifs is 1. The SMILES string of the molecule is C=Cc1cnc2cccc(CCCl)c2c1. The van der Waals surface area contributed by atoms with E-state index in [1.54, 1.807) is 0 Å². The van der Waals surface area contributed by atoms with Gasteiger partial charge in [0.25, 0.3) is 0 Å². The number of alkyl halides is 1. The molecule has 0 radical (unpaired) electrons. The molecule has 2 heteroatoms. The third kappa shape index (κ3) is 2.02. The van der Waals surface area contributed by atoms with E-state index in [0.29, 0.717) is 5.88 Å². The number of hydrogen-bond donors (Lipinski definition) is 0. The average Bonchev–Trinajstić information content (AvgIpc) is 2.29. The van der Waals surface area contributed by atoms with Crippen LogP contribution in [0.3, 0.4) is 0 Å². The van der Waals surface area contributed by atoms with E-state index in [4.69, 9.17) is 11.6 Å². The van der Waals surface area contributed by atoms with E-state index in [1.165, 1.54) is 10.9 Å². The Kier molecular flexibility index (Phi) is 3.02. The van der Waals surface area contributed by atoms with Crippen LogP contribution in [0.25, 0.3) is 17.0 Å². The number of nitrogens with zero attached hydrogens (tertiary/aromatic N) is 1. The van der Waals surface area contributed by atoms with Gasteiger partial charge in [0.05, 0.1) is 5.52 Å². The van der Waals surface area contributed by atoms with Crippen LogP contribution in [0.2, 0.25) is 0 Å². The Morgan fingerprint density at radius 2 is 2.27 bits per heavy atom. The lowest BCUT2D eigenvalue weighted by Gasteiger charge is -2.04. The molecule has 0 saturated heterocycles. The number of rotatable bonds is 3. The van der Waals surface area contributed by atoms with Crippen LogP contribution in [-0.2, 0) is 6.42 Å². The van der Waals surface area contributed by atoms with Gasteiger partial charge in [0.15, 0.2) is 0 Å². The van der Waals surface area contributed by atoms with Gasteiger partial charge >= 0.3 is 0 Å². The van der Waals surface area contributed by atoms with E-state index in [9.17, 15) is 0 Å². The van der Waals surface area contributed by atoms with Crippen LogP contribution in [0, 0.1) is 0 Å². The van der Waals surface area contributed by atoms with Crippen LogP contribution in [-0.4, -0.2) is 10.9 Å². The molecule has 0 atom stereocenters. The molecule has 0 unspecified atom stereocenters. The molecule has 0 amide bonds. The van der Waals surface area contributed by atoms with Gasteiger partial charge in [0, 0.05) is 17.5 Å². The molecule has 1 aromatic heterocycles. The van der Waals surface area contributed by atoms with Gasteiger partial charge in [0.1, 0.15) is 0 Å². The smallest absolute Gasteiger partial charge is 0.0705 e. The van der Waals surface area contributed by atoms with Crippen LogP contribution >= 0.6 is 11.6 Å². The fraction of sp³-hybridized carbons (Fsp3) is 0.154. The van der Waals surface area contributed by atoms with Crippen LogP contribution in [0.5, 0.6) is 0 Å². The Morgan fingerprint density at radius 3 is 3.00 bits per heavy atom. The molecule has 0 aliphatic heterocycles. The van der Waals surface area contributed by atoms with E-state index in [0.717, 1.165) is 17.5 Å². The molecule has 15 heavy (non-hydrogen) atoms. The molecule has 0 spiro atoms. The first kappa shape index (κ1) is 10.2. The van der Waals surface area contributed by atoms with E-state index >= 15 is 0 Å². The molecule has 0 N–H and O–H groups in total. The van der Waals surface area contributed by atoms with Crippen molar-refractivity contribution in [1.82, 2.24) is 4.98 Å². The molecule has 0 aliphatic rings. The summed E-state index contributed by atoms with van der Waals surface area (Å²) in [5.41, 5.74) is 3.31. The molecule has 1 heterocycles. The Labute approximate surface area is 94.4 Å². The van der Waals surface area contributed by atoms with Crippen molar-refractivity contribution in [3.63, 3.8) is 0 Å². The molecule has 0 aliphatic carbocycles. The van der Waals surface area contributed by atoms with Crippen LogP contribution in [0.15, 0.2) is 37.0 Å². The van der Waals surface area contributed by atoms with Gasteiger partial charge in [0.2, 0.25) is 0 Å². The maximum atomic E-state index is 5.77. The molecule has 2 aromatic rings. The van der Waals surface area contributed by atoms with Crippen molar-refractivity contribution in [3.05, 3.63) is 48.2 Å². The molecule has 2 rings (SSSR count). The highest BCUT2D eigenvalue weighted by Crippen LogP contribution is 2.19. The van der Waals surface area contributed by atoms with Crippen molar-refractivity contribution in [2.75, 3.05) is 5.88 Å².